The first-order chi connectivity index (χ1) is 14.3. The molecule has 5 rings (SSSR count). The standard InChI is InChI=1S/C21H19FN6O/c22-15-5-4-6-16(13-15)24-19-18-14-23-28(17-7-2-1-3-8-17)20(18)26-21(25-19)27-9-11-29-12-10-27/h1-8,13-14H,9-12H2,(H,24,25,26). The van der Waals surface area contributed by atoms with Gasteiger partial charge < -0.3 is 15.0 Å². The smallest absolute Gasteiger partial charge is 0.229 e. The second kappa shape index (κ2) is 7.48. The number of rotatable bonds is 4. The number of benzene rings is 2. The Morgan fingerprint density at radius 2 is 1.79 bits per heavy atom. The molecule has 2 aromatic carbocycles. The monoisotopic (exact) mass is 390 g/mol. The van der Waals surface area contributed by atoms with E-state index in [9.17, 15) is 4.39 Å². The molecule has 1 saturated heterocycles. The van der Waals surface area contributed by atoms with Crippen molar-refractivity contribution in [3.05, 3.63) is 66.6 Å². The average molecular weight is 390 g/mol. The molecule has 3 heterocycles. The molecule has 0 amide bonds. The van der Waals surface area contributed by atoms with Crippen molar-refractivity contribution < 1.29 is 9.13 Å². The van der Waals surface area contributed by atoms with E-state index in [-0.39, 0.29) is 5.82 Å². The quantitative estimate of drug-likeness (QED) is 0.575. The van der Waals surface area contributed by atoms with Crippen LogP contribution in [-0.2, 0) is 4.74 Å². The van der Waals surface area contributed by atoms with Gasteiger partial charge in [0.25, 0.3) is 0 Å². The van der Waals surface area contributed by atoms with Gasteiger partial charge in [0.15, 0.2) is 5.65 Å². The maximum absolute atomic E-state index is 13.7. The maximum atomic E-state index is 13.7. The number of aromatic nitrogens is 4. The van der Waals surface area contributed by atoms with Crippen molar-refractivity contribution in [2.75, 3.05) is 36.5 Å². The van der Waals surface area contributed by atoms with Crippen molar-refractivity contribution in [2.45, 2.75) is 0 Å². The predicted octanol–water partition coefficient (Wildman–Crippen LogP) is 3.53. The van der Waals surface area contributed by atoms with E-state index in [1.54, 1.807) is 23.0 Å². The first-order valence-corrected chi connectivity index (χ1v) is 9.44. The zero-order chi connectivity index (χ0) is 19.6. The van der Waals surface area contributed by atoms with Crippen molar-refractivity contribution >= 4 is 28.5 Å². The van der Waals surface area contributed by atoms with Crippen LogP contribution in [0.4, 0.5) is 21.8 Å². The SMILES string of the molecule is Fc1cccc(Nc2nc(N3CCOCC3)nc3c2cnn3-c2ccccc2)c1. The summed E-state index contributed by atoms with van der Waals surface area (Å²) in [5, 5.41) is 8.52. The third kappa shape index (κ3) is 3.50. The lowest BCUT2D eigenvalue weighted by atomic mass is 10.3. The molecule has 4 aromatic rings. The summed E-state index contributed by atoms with van der Waals surface area (Å²) in [5.74, 6) is 0.871. The van der Waals surface area contributed by atoms with Crippen LogP contribution in [0.5, 0.6) is 0 Å². The number of para-hydroxylation sites is 1. The Bertz CT molecular complexity index is 1140. The van der Waals surface area contributed by atoms with Gasteiger partial charge in [-0.1, -0.05) is 24.3 Å². The van der Waals surface area contributed by atoms with Crippen molar-refractivity contribution in [1.82, 2.24) is 19.7 Å². The van der Waals surface area contributed by atoms with E-state index in [1.165, 1.54) is 12.1 Å². The molecule has 0 bridgehead atoms. The van der Waals surface area contributed by atoms with Gasteiger partial charge in [-0.3, -0.25) is 0 Å². The third-order valence-corrected chi connectivity index (χ3v) is 4.80. The van der Waals surface area contributed by atoms with Gasteiger partial charge in [0.2, 0.25) is 5.95 Å². The third-order valence-electron chi connectivity index (χ3n) is 4.80. The Hall–Kier alpha value is -3.52. The second-order valence-corrected chi connectivity index (χ2v) is 6.74. The van der Waals surface area contributed by atoms with Crippen molar-refractivity contribution in [2.24, 2.45) is 0 Å². The van der Waals surface area contributed by atoms with Gasteiger partial charge in [0, 0.05) is 18.8 Å². The van der Waals surface area contributed by atoms with Crippen molar-refractivity contribution in [1.29, 1.82) is 0 Å². The van der Waals surface area contributed by atoms with E-state index in [0.717, 1.165) is 11.1 Å². The molecule has 1 N–H and O–H groups in total. The van der Waals surface area contributed by atoms with Crippen LogP contribution in [0.25, 0.3) is 16.7 Å². The highest BCUT2D eigenvalue weighted by molar-refractivity contribution is 5.90. The zero-order valence-corrected chi connectivity index (χ0v) is 15.6. The first-order valence-electron chi connectivity index (χ1n) is 9.44. The zero-order valence-electron chi connectivity index (χ0n) is 15.6. The van der Waals surface area contributed by atoms with Crippen LogP contribution in [-0.4, -0.2) is 46.1 Å². The number of nitrogens with zero attached hydrogens (tertiary/aromatic N) is 5. The molecule has 7 nitrogen and oxygen atoms in total. The molecule has 0 saturated carbocycles. The molecule has 8 heteroatoms. The van der Waals surface area contributed by atoms with Gasteiger partial charge in [-0.2, -0.15) is 15.1 Å². The summed E-state index contributed by atoms with van der Waals surface area (Å²) in [4.78, 5) is 11.6. The van der Waals surface area contributed by atoms with Crippen LogP contribution >= 0.6 is 0 Å². The highest BCUT2D eigenvalue weighted by Gasteiger charge is 2.19. The van der Waals surface area contributed by atoms with Crippen LogP contribution < -0.4 is 10.2 Å². The summed E-state index contributed by atoms with van der Waals surface area (Å²) in [6, 6.07) is 16.1. The van der Waals surface area contributed by atoms with Crippen LogP contribution in [0, 0.1) is 5.82 Å². The van der Waals surface area contributed by atoms with Gasteiger partial charge in [0.05, 0.1) is 30.5 Å². The Kier molecular flexibility index (Phi) is 4.53. The fraction of sp³-hybridized carbons (Fsp3) is 0.190. The minimum atomic E-state index is -0.311. The van der Waals surface area contributed by atoms with E-state index >= 15 is 0 Å². The van der Waals surface area contributed by atoms with Gasteiger partial charge in [-0.05, 0) is 30.3 Å². The number of hydrogen-bond donors (Lipinski definition) is 1. The predicted molar refractivity (Wildman–Crippen MR) is 109 cm³/mol. The summed E-state index contributed by atoms with van der Waals surface area (Å²) in [7, 11) is 0. The molecular formula is C21H19FN6O. The summed E-state index contributed by atoms with van der Waals surface area (Å²) in [6.45, 7) is 2.69. The molecule has 0 spiro atoms. The minimum Gasteiger partial charge on any atom is -0.378 e. The van der Waals surface area contributed by atoms with Gasteiger partial charge in [0.1, 0.15) is 11.6 Å². The largest absolute Gasteiger partial charge is 0.378 e. The number of hydrogen-bond acceptors (Lipinski definition) is 6. The molecule has 29 heavy (non-hydrogen) atoms. The van der Waals surface area contributed by atoms with E-state index in [1.807, 2.05) is 30.3 Å². The van der Waals surface area contributed by atoms with E-state index in [4.69, 9.17) is 14.7 Å². The Labute approximate surface area is 166 Å². The highest BCUT2D eigenvalue weighted by Crippen LogP contribution is 2.28. The number of anilines is 3. The average Bonchev–Trinajstić information content (AvgIpc) is 3.19. The van der Waals surface area contributed by atoms with Crippen LogP contribution in [0.1, 0.15) is 0 Å². The Balaban J connectivity index is 1.65. The lowest BCUT2D eigenvalue weighted by Crippen LogP contribution is -2.37. The van der Waals surface area contributed by atoms with Crippen LogP contribution in [0.3, 0.4) is 0 Å². The molecule has 1 aliphatic heterocycles. The minimum absolute atomic E-state index is 0.311. The number of morpholine rings is 1. The van der Waals surface area contributed by atoms with E-state index < -0.39 is 0 Å². The first kappa shape index (κ1) is 17.6. The molecule has 0 atom stereocenters. The fourth-order valence-corrected chi connectivity index (χ4v) is 3.36. The Morgan fingerprint density at radius 1 is 0.966 bits per heavy atom. The van der Waals surface area contributed by atoms with Gasteiger partial charge in [-0.15, -0.1) is 0 Å². The van der Waals surface area contributed by atoms with Crippen LogP contribution in [0.15, 0.2) is 60.8 Å². The molecule has 1 aliphatic rings. The normalized spacial score (nSPS) is 14.3. The van der Waals surface area contributed by atoms with Gasteiger partial charge >= 0.3 is 0 Å². The fourth-order valence-electron chi connectivity index (χ4n) is 3.36. The summed E-state index contributed by atoms with van der Waals surface area (Å²) < 4.78 is 20.9. The highest BCUT2D eigenvalue weighted by atomic mass is 19.1. The van der Waals surface area contributed by atoms with Crippen molar-refractivity contribution in [3.8, 4) is 5.69 Å². The van der Waals surface area contributed by atoms with Crippen LogP contribution in [0.2, 0.25) is 0 Å². The second-order valence-electron chi connectivity index (χ2n) is 6.74. The Morgan fingerprint density at radius 3 is 2.59 bits per heavy atom. The lowest BCUT2D eigenvalue weighted by Gasteiger charge is -2.27. The molecule has 1 fully saturated rings. The molecule has 146 valence electrons. The molecule has 2 aromatic heterocycles. The number of halogens is 1. The molecular weight excluding hydrogens is 371 g/mol. The summed E-state index contributed by atoms with van der Waals surface area (Å²) >= 11 is 0. The summed E-state index contributed by atoms with van der Waals surface area (Å²) in [5.41, 5.74) is 2.21. The lowest BCUT2D eigenvalue weighted by molar-refractivity contribution is 0.122. The number of ether oxygens (including phenoxy) is 1. The molecule has 0 unspecified atom stereocenters. The van der Waals surface area contributed by atoms with E-state index in [2.05, 4.69) is 15.3 Å². The number of fused-ring (bicyclic) bond motifs is 1. The summed E-state index contributed by atoms with van der Waals surface area (Å²) in [6.07, 6.45) is 1.73. The molecule has 0 aliphatic carbocycles. The topological polar surface area (TPSA) is 68.1 Å². The van der Waals surface area contributed by atoms with Gasteiger partial charge in [-0.25, -0.2) is 9.07 Å². The maximum Gasteiger partial charge on any atom is 0.229 e. The number of nitrogens with one attached hydrogen (secondary N) is 1. The van der Waals surface area contributed by atoms with Crippen molar-refractivity contribution in [3.63, 3.8) is 0 Å². The molecule has 0 radical (unpaired) electrons. The van der Waals surface area contributed by atoms with E-state index in [0.29, 0.717) is 49.4 Å².